The number of alkyl halides is 3. The lowest BCUT2D eigenvalue weighted by Gasteiger charge is -2.42. The first-order chi connectivity index (χ1) is 33.5. The number of anilines is 2. The summed E-state index contributed by atoms with van der Waals surface area (Å²) in [5, 5.41) is 29.0. The zero-order valence-corrected chi connectivity index (χ0v) is 39.1. The van der Waals surface area contributed by atoms with Crippen molar-refractivity contribution in [3.8, 4) is 11.8 Å². The van der Waals surface area contributed by atoms with Gasteiger partial charge in [0.2, 0.25) is 11.8 Å². The Balaban J connectivity index is 0.741. The van der Waals surface area contributed by atoms with E-state index < -0.39 is 36.2 Å². The third-order valence-corrected chi connectivity index (χ3v) is 14.9. The summed E-state index contributed by atoms with van der Waals surface area (Å²) in [5.74, 6) is 6.21. The number of rotatable bonds is 14. The number of morpholine rings is 1. The van der Waals surface area contributed by atoms with Crippen molar-refractivity contribution in [1.29, 1.82) is 0 Å². The number of fused-ring (bicyclic) bond motifs is 2. The minimum absolute atomic E-state index is 0.0499. The Labute approximate surface area is 400 Å². The number of thioether (sulfide) groups is 1. The van der Waals surface area contributed by atoms with Crippen LogP contribution in [0, 0.1) is 23.7 Å². The summed E-state index contributed by atoms with van der Waals surface area (Å²) in [5.41, 5.74) is 2.08. The van der Waals surface area contributed by atoms with Gasteiger partial charge in [0.25, 0.3) is 12.3 Å². The van der Waals surface area contributed by atoms with Crippen molar-refractivity contribution >= 4 is 57.5 Å². The zero-order chi connectivity index (χ0) is 47.8. The molecule has 21 heteroatoms. The van der Waals surface area contributed by atoms with E-state index in [1.165, 1.54) is 16.9 Å². The number of para-hydroxylation sites is 1. The third kappa shape index (κ3) is 10.1. The van der Waals surface area contributed by atoms with Crippen molar-refractivity contribution in [2.45, 2.75) is 94.2 Å². The van der Waals surface area contributed by atoms with E-state index in [1.807, 2.05) is 34.0 Å². The Bertz CT molecular complexity index is 2760. The standard InChI is InChI=1S/C48H56F3N11O6S/c1-69-27-30-22-58(24-37(49)44(30)68-18-3-5-29-4-2-6-34-41(35-13-14-40(64)55-47(35)65)57-62(43(29)34)32-11-12-32)21-28-7-9-31(10-8-28)61-25-38(42(56-61)45(50)51)53-48(66)36-20-52-60-16-15-39(54-46(36)60)59-17-19-67-33(23-59)26-63/h2,4,6,15-16,20,25,28,30-33,35,37,44-45,63H,7-14,17-19,21-24,26-27H2,1H3,(H,53,66)(H,55,64,65)/t28-,30?,31-,33?,35?,37-,44+/m0/s1. The largest absolute Gasteiger partial charge is 0.394 e. The van der Waals surface area contributed by atoms with Gasteiger partial charge in [-0.05, 0) is 75.0 Å². The van der Waals surface area contributed by atoms with Gasteiger partial charge in [-0.15, -0.1) is 0 Å². The number of benzene rings is 1. The van der Waals surface area contributed by atoms with Crippen molar-refractivity contribution in [2.24, 2.45) is 11.8 Å². The number of hydrogen-bond acceptors (Lipinski definition) is 13. The molecule has 366 valence electrons. The topological polar surface area (TPSA) is 186 Å². The van der Waals surface area contributed by atoms with Crippen LogP contribution in [0.15, 0.2) is 42.9 Å². The minimum atomic E-state index is -2.92. The monoisotopic (exact) mass is 971 g/mol. The SMILES string of the molecule is CSCC1CN(C[C@H]2CC[C@H](n3cc(NC(=O)c4cnn5ccc(N6CCOC(CO)C6)nc45)c(C(F)F)n3)CC2)C[C@H](F)[C@@H]1OCC#Cc1cccc2c(C3CCC(=O)NC3=O)nn(C3CC3)c12. The first-order valence-corrected chi connectivity index (χ1v) is 25.3. The Morgan fingerprint density at radius 2 is 1.90 bits per heavy atom. The number of amides is 3. The predicted molar refractivity (Wildman–Crippen MR) is 251 cm³/mol. The van der Waals surface area contributed by atoms with Gasteiger partial charge >= 0.3 is 0 Å². The summed E-state index contributed by atoms with van der Waals surface area (Å²) in [7, 11) is 0. The summed E-state index contributed by atoms with van der Waals surface area (Å²) in [4.78, 5) is 47.1. The molecule has 5 fully saturated rings. The maximum Gasteiger partial charge on any atom is 0.284 e. The lowest BCUT2D eigenvalue weighted by atomic mass is 9.84. The molecule has 69 heavy (non-hydrogen) atoms. The van der Waals surface area contributed by atoms with Crippen LogP contribution in [-0.2, 0) is 19.1 Å². The van der Waals surface area contributed by atoms with E-state index in [1.54, 1.807) is 28.7 Å². The third-order valence-electron chi connectivity index (χ3n) is 14.1. The number of hydrogen-bond donors (Lipinski definition) is 3. The summed E-state index contributed by atoms with van der Waals surface area (Å²) < 4.78 is 61.7. The van der Waals surface area contributed by atoms with Gasteiger partial charge in [-0.1, -0.05) is 24.0 Å². The molecule has 3 amide bonds. The molecule has 10 rings (SSSR count). The molecule has 3 aliphatic heterocycles. The number of ether oxygens (including phenoxy) is 2. The number of carbonyl (C=O) groups excluding carboxylic acids is 3. The molecular weight excluding hydrogens is 916 g/mol. The fourth-order valence-electron chi connectivity index (χ4n) is 10.5. The van der Waals surface area contributed by atoms with Crippen LogP contribution < -0.4 is 15.5 Å². The number of aliphatic hydroxyl groups is 1. The minimum Gasteiger partial charge on any atom is -0.394 e. The highest BCUT2D eigenvalue weighted by molar-refractivity contribution is 7.98. The molecule has 2 aliphatic carbocycles. The number of piperidine rings is 2. The Morgan fingerprint density at radius 3 is 2.67 bits per heavy atom. The van der Waals surface area contributed by atoms with E-state index in [4.69, 9.17) is 14.6 Å². The second kappa shape index (κ2) is 20.4. The predicted octanol–water partition coefficient (Wildman–Crippen LogP) is 5.32. The molecule has 5 aliphatic rings. The number of likely N-dealkylation sites (tertiary alicyclic amines) is 1. The highest BCUT2D eigenvalue weighted by Crippen LogP contribution is 2.41. The molecule has 1 aromatic carbocycles. The molecule has 7 heterocycles. The van der Waals surface area contributed by atoms with Gasteiger partial charge in [0.1, 0.15) is 24.2 Å². The molecule has 3 N–H and O–H groups in total. The van der Waals surface area contributed by atoms with Crippen molar-refractivity contribution in [3.63, 3.8) is 0 Å². The zero-order valence-electron chi connectivity index (χ0n) is 38.3. The Kier molecular flexibility index (Phi) is 14.0. The van der Waals surface area contributed by atoms with Crippen LogP contribution in [0.1, 0.15) is 103 Å². The number of imide groups is 1. The van der Waals surface area contributed by atoms with Gasteiger partial charge in [0.15, 0.2) is 11.3 Å². The first kappa shape index (κ1) is 47.2. The summed E-state index contributed by atoms with van der Waals surface area (Å²) in [6, 6.07) is 7.62. The molecule has 0 radical (unpaired) electrons. The quantitative estimate of drug-likeness (QED) is 0.0961. The average Bonchev–Trinajstić information content (AvgIpc) is 3.77. The van der Waals surface area contributed by atoms with E-state index >= 15 is 4.39 Å². The first-order valence-electron chi connectivity index (χ1n) is 23.9. The van der Waals surface area contributed by atoms with Gasteiger partial charge in [-0.25, -0.2) is 22.7 Å². The second-order valence-corrected chi connectivity index (χ2v) is 19.8. The number of carbonyl (C=O) groups is 3. The van der Waals surface area contributed by atoms with Crippen LogP contribution in [0.4, 0.5) is 24.7 Å². The lowest BCUT2D eigenvalue weighted by Crippen LogP contribution is -2.53. The summed E-state index contributed by atoms with van der Waals surface area (Å²) in [6.45, 7) is 2.95. The molecule has 0 bridgehead atoms. The lowest BCUT2D eigenvalue weighted by molar-refractivity contribution is -0.134. The Hall–Kier alpha value is -5.53. The van der Waals surface area contributed by atoms with Crippen molar-refractivity contribution < 1.29 is 42.1 Å². The van der Waals surface area contributed by atoms with Gasteiger partial charge in [-0.3, -0.25) is 34.0 Å². The van der Waals surface area contributed by atoms with Crippen molar-refractivity contribution in [1.82, 2.24) is 44.4 Å². The molecule has 2 saturated carbocycles. The highest BCUT2D eigenvalue weighted by atomic mass is 32.2. The van der Waals surface area contributed by atoms with E-state index in [9.17, 15) is 28.3 Å². The van der Waals surface area contributed by atoms with E-state index in [0.29, 0.717) is 62.9 Å². The van der Waals surface area contributed by atoms with Crippen molar-refractivity contribution in [3.05, 3.63) is 65.4 Å². The normalized spacial score (nSPS) is 25.8. The van der Waals surface area contributed by atoms with Crippen LogP contribution in [0.3, 0.4) is 0 Å². The number of aromatic nitrogens is 7. The number of aliphatic hydroxyl groups excluding tert-OH is 1. The van der Waals surface area contributed by atoms with Gasteiger partial charge in [0, 0.05) is 62.8 Å². The number of halogens is 3. The molecule has 3 saturated heterocycles. The van der Waals surface area contributed by atoms with Crippen LogP contribution in [0.5, 0.6) is 0 Å². The second-order valence-electron chi connectivity index (χ2n) is 18.9. The molecule has 17 nitrogen and oxygen atoms in total. The summed E-state index contributed by atoms with van der Waals surface area (Å²) >= 11 is 1.66. The van der Waals surface area contributed by atoms with Gasteiger partial charge < -0.3 is 24.8 Å². The smallest absolute Gasteiger partial charge is 0.284 e. The average molecular weight is 972 g/mol. The van der Waals surface area contributed by atoms with Gasteiger partial charge in [-0.2, -0.15) is 27.1 Å². The van der Waals surface area contributed by atoms with Crippen LogP contribution in [0.25, 0.3) is 16.6 Å². The fourth-order valence-corrected chi connectivity index (χ4v) is 11.2. The van der Waals surface area contributed by atoms with Gasteiger partial charge in [0.05, 0.1) is 72.1 Å². The molecule has 5 aromatic rings. The van der Waals surface area contributed by atoms with E-state index in [0.717, 1.165) is 54.4 Å². The fraction of sp³-hybridized carbons (Fsp3) is 0.562. The molecule has 0 spiro atoms. The molecular formula is C48H56F3N11O6S. The van der Waals surface area contributed by atoms with Crippen LogP contribution >= 0.6 is 11.8 Å². The Morgan fingerprint density at radius 1 is 1.07 bits per heavy atom. The highest BCUT2D eigenvalue weighted by Gasteiger charge is 2.40. The van der Waals surface area contributed by atoms with Crippen molar-refractivity contribution in [2.75, 3.05) is 74.8 Å². The summed E-state index contributed by atoms with van der Waals surface area (Å²) in [6.07, 6.45) is 7.08. The van der Waals surface area contributed by atoms with E-state index in [2.05, 4.69) is 42.6 Å². The molecule has 5 atom stereocenters. The maximum atomic E-state index is 16.1. The number of nitrogens with zero attached hydrogens (tertiary/aromatic N) is 9. The van der Waals surface area contributed by atoms with Crippen LogP contribution in [0.2, 0.25) is 0 Å². The number of nitrogens with one attached hydrogen (secondary N) is 2. The molecule has 3 unspecified atom stereocenters. The van der Waals surface area contributed by atoms with Crippen LogP contribution in [-0.4, -0.2) is 145 Å². The molecule has 4 aromatic heterocycles. The maximum absolute atomic E-state index is 16.1. The van der Waals surface area contributed by atoms with E-state index in [-0.39, 0.29) is 79.0 Å².